The Balaban J connectivity index is 2.27. The number of rotatable bonds is 3. The Kier molecular flexibility index (Phi) is 2.88. The second-order valence-corrected chi connectivity index (χ2v) is 3.85. The summed E-state index contributed by atoms with van der Waals surface area (Å²) >= 11 is 3.21. The van der Waals surface area contributed by atoms with Gasteiger partial charge in [0.15, 0.2) is 16.3 Å². The van der Waals surface area contributed by atoms with Crippen molar-refractivity contribution < 1.29 is 8.94 Å². The van der Waals surface area contributed by atoms with Crippen molar-refractivity contribution in [2.45, 2.75) is 13.0 Å². The van der Waals surface area contributed by atoms with E-state index in [9.17, 15) is 0 Å². The molecule has 0 fully saturated rings. The maximum atomic E-state index is 5.30. The quantitative estimate of drug-likeness (QED) is 0.929. The summed E-state index contributed by atoms with van der Waals surface area (Å²) in [6.07, 6.45) is 0. The molecule has 0 aliphatic carbocycles. The molecule has 0 aliphatic rings. The first-order valence-corrected chi connectivity index (χ1v) is 5.26. The average molecular weight is 272 g/mol. The molecule has 0 bridgehead atoms. The van der Waals surface area contributed by atoms with Crippen LogP contribution in [-0.2, 0) is 0 Å². The summed E-state index contributed by atoms with van der Waals surface area (Å²) in [6, 6.07) is 3.60. The smallest absolute Gasteiger partial charge is 0.293 e. The Bertz CT molecular complexity index is 452. The summed E-state index contributed by atoms with van der Waals surface area (Å²) in [4.78, 5) is 4.21. The van der Waals surface area contributed by atoms with Crippen molar-refractivity contribution in [2.24, 2.45) is 0 Å². The van der Waals surface area contributed by atoms with Crippen molar-refractivity contribution in [2.75, 3.05) is 7.05 Å². The molecule has 2 rings (SSSR count). The van der Waals surface area contributed by atoms with E-state index < -0.39 is 0 Å². The number of hydrogen-bond acceptors (Lipinski definition) is 5. The topological polar surface area (TPSA) is 64.1 Å². The lowest BCUT2D eigenvalue weighted by molar-refractivity contribution is 0.400. The lowest BCUT2D eigenvalue weighted by atomic mass is 10.3. The van der Waals surface area contributed by atoms with E-state index in [1.54, 1.807) is 12.1 Å². The van der Waals surface area contributed by atoms with Crippen molar-refractivity contribution in [1.29, 1.82) is 0 Å². The van der Waals surface area contributed by atoms with E-state index >= 15 is 0 Å². The summed E-state index contributed by atoms with van der Waals surface area (Å²) in [5.74, 6) is 1.56. The molecule has 15 heavy (non-hydrogen) atoms. The fourth-order valence-electron chi connectivity index (χ4n) is 1.07. The standard InChI is InChI=1S/C9H10BrN3O2/c1-5(11-2)8-12-9(15-13-8)6-3-4-7(10)14-6/h3-5,11H,1-2H3. The van der Waals surface area contributed by atoms with Crippen molar-refractivity contribution in [3.05, 3.63) is 22.6 Å². The van der Waals surface area contributed by atoms with Gasteiger partial charge in [0.05, 0.1) is 6.04 Å². The van der Waals surface area contributed by atoms with Crippen molar-refractivity contribution in [3.8, 4) is 11.7 Å². The highest BCUT2D eigenvalue weighted by Gasteiger charge is 2.15. The molecule has 0 amide bonds. The molecule has 0 saturated heterocycles. The third-order valence-electron chi connectivity index (χ3n) is 2.05. The van der Waals surface area contributed by atoms with E-state index in [-0.39, 0.29) is 6.04 Å². The first-order valence-electron chi connectivity index (χ1n) is 4.47. The van der Waals surface area contributed by atoms with Crippen LogP contribution in [0.4, 0.5) is 0 Å². The highest BCUT2D eigenvalue weighted by molar-refractivity contribution is 9.10. The predicted molar refractivity (Wildman–Crippen MR) is 57.2 cm³/mol. The summed E-state index contributed by atoms with van der Waals surface area (Å²) in [7, 11) is 1.84. The molecular weight excluding hydrogens is 262 g/mol. The van der Waals surface area contributed by atoms with Crippen LogP contribution < -0.4 is 5.32 Å². The van der Waals surface area contributed by atoms with Crippen molar-refractivity contribution in [3.63, 3.8) is 0 Å². The second-order valence-electron chi connectivity index (χ2n) is 3.07. The molecule has 6 heteroatoms. The normalized spacial score (nSPS) is 13.0. The molecule has 2 aromatic rings. The van der Waals surface area contributed by atoms with Crippen LogP contribution in [0.2, 0.25) is 0 Å². The van der Waals surface area contributed by atoms with Crippen LogP contribution in [0.3, 0.4) is 0 Å². The Morgan fingerprint density at radius 3 is 2.87 bits per heavy atom. The van der Waals surface area contributed by atoms with Gasteiger partial charge in [-0.05, 0) is 42.0 Å². The SMILES string of the molecule is CNC(C)c1noc(-c2ccc(Br)o2)n1. The van der Waals surface area contributed by atoms with Gasteiger partial charge >= 0.3 is 0 Å². The highest BCUT2D eigenvalue weighted by Crippen LogP contribution is 2.24. The predicted octanol–water partition coefficient (Wildman–Crippen LogP) is 2.37. The summed E-state index contributed by atoms with van der Waals surface area (Å²) in [6.45, 7) is 1.95. The van der Waals surface area contributed by atoms with E-state index in [2.05, 4.69) is 31.4 Å². The Labute approximate surface area is 95.0 Å². The molecule has 0 spiro atoms. The minimum atomic E-state index is 0.0564. The number of nitrogens with one attached hydrogen (secondary N) is 1. The zero-order valence-corrected chi connectivity index (χ0v) is 9.91. The van der Waals surface area contributed by atoms with Crippen LogP contribution in [0.5, 0.6) is 0 Å². The van der Waals surface area contributed by atoms with Crippen molar-refractivity contribution >= 4 is 15.9 Å². The highest BCUT2D eigenvalue weighted by atomic mass is 79.9. The molecule has 0 aromatic carbocycles. The first kappa shape index (κ1) is 10.4. The largest absolute Gasteiger partial charge is 0.444 e. The van der Waals surface area contributed by atoms with E-state index in [4.69, 9.17) is 8.94 Å². The average Bonchev–Trinajstić information content (AvgIpc) is 2.84. The molecule has 0 aliphatic heterocycles. The van der Waals surface area contributed by atoms with Crippen LogP contribution in [0, 0.1) is 0 Å². The molecule has 1 N–H and O–H groups in total. The van der Waals surface area contributed by atoms with E-state index in [0.717, 1.165) is 0 Å². The minimum Gasteiger partial charge on any atom is -0.444 e. The van der Waals surface area contributed by atoms with Gasteiger partial charge in [-0.15, -0.1) is 0 Å². The molecule has 0 saturated carbocycles. The van der Waals surface area contributed by atoms with Gasteiger partial charge in [0, 0.05) is 0 Å². The lowest BCUT2D eigenvalue weighted by Gasteiger charge is -2.01. The number of furan rings is 1. The zero-order valence-electron chi connectivity index (χ0n) is 8.32. The third kappa shape index (κ3) is 2.10. The molecule has 1 unspecified atom stereocenters. The Hall–Kier alpha value is -1.14. The number of aromatic nitrogens is 2. The van der Waals surface area contributed by atoms with Crippen LogP contribution in [0.1, 0.15) is 18.8 Å². The fourth-order valence-corrected chi connectivity index (χ4v) is 1.38. The molecule has 80 valence electrons. The number of hydrogen-bond donors (Lipinski definition) is 1. The molecule has 1 atom stereocenters. The van der Waals surface area contributed by atoms with Gasteiger partial charge < -0.3 is 14.3 Å². The monoisotopic (exact) mass is 271 g/mol. The molecule has 2 heterocycles. The van der Waals surface area contributed by atoms with Gasteiger partial charge in [-0.2, -0.15) is 4.98 Å². The van der Waals surface area contributed by atoms with Gasteiger partial charge in [-0.3, -0.25) is 0 Å². The van der Waals surface area contributed by atoms with E-state index in [1.165, 1.54) is 0 Å². The molecule has 5 nitrogen and oxygen atoms in total. The maximum absolute atomic E-state index is 5.30. The van der Waals surface area contributed by atoms with E-state index in [0.29, 0.717) is 22.1 Å². The van der Waals surface area contributed by atoms with Crippen LogP contribution in [0.15, 0.2) is 25.7 Å². The summed E-state index contributed by atoms with van der Waals surface area (Å²) in [5, 5.41) is 6.88. The number of nitrogens with zero attached hydrogens (tertiary/aromatic N) is 2. The Morgan fingerprint density at radius 2 is 2.27 bits per heavy atom. The van der Waals surface area contributed by atoms with Crippen LogP contribution in [0.25, 0.3) is 11.7 Å². The second kappa shape index (κ2) is 4.16. The van der Waals surface area contributed by atoms with Gasteiger partial charge in [0.25, 0.3) is 5.89 Å². The van der Waals surface area contributed by atoms with Gasteiger partial charge in [0.1, 0.15) is 0 Å². The fraction of sp³-hybridized carbons (Fsp3) is 0.333. The molecule has 0 radical (unpaired) electrons. The molecule has 2 aromatic heterocycles. The molecular formula is C9H10BrN3O2. The number of halogens is 1. The van der Waals surface area contributed by atoms with Crippen LogP contribution >= 0.6 is 15.9 Å². The van der Waals surface area contributed by atoms with Gasteiger partial charge in [-0.1, -0.05) is 5.16 Å². The maximum Gasteiger partial charge on any atom is 0.293 e. The van der Waals surface area contributed by atoms with Crippen LogP contribution in [-0.4, -0.2) is 17.2 Å². The lowest BCUT2D eigenvalue weighted by Crippen LogP contribution is -2.13. The van der Waals surface area contributed by atoms with Crippen molar-refractivity contribution in [1.82, 2.24) is 15.5 Å². The van der Waals surface area contributed by atoms with Gasteiger partial charge in [0.2, 0.25) is 0 Å². The summed E-state index contributed by atoms with van der Waals surface area (Å²) in [5.41, 5.74) is 0. The van der Waals surface area contributed by atoms with Gasteiger partial charge in [-0.25, -0.2) is 0 Å². The minimum absolute atomic E-state index is 0.0564. The van der Waals surface area contributed by atoms with E-state index in [1.807, 2.05) is 14.0 Å². The third-order valence-corrected chi connectivity index (χ3v) is 2.47. The zero-order chi connectivity index (χ0) is 10.8. The first-order chi connectivity index (χ1) is 7.20. The summed E-state index contributed by atoms with van der Waals surface area (Å²) < 4.78 is 11.0. The Morgan fingerprint density at radius 1 is 1.47 bits per heavy atom.